The molecule has 0 aliphatic rings. The minimum Gasteiger partial charge on any atom is -0.352 e. The highest BCUT2D eigenvalue weighted by Crippen LogP contribution is 2.21. The summed E-state index contributed by atoms with van der Waals surface area (Å²) in [6.07, 6.45) is 1.64. The number of likely N-dealkylation sites (N-methyl/N-ethyl adjacent to an activating group) is 1. The molecule has 0 bridgehead atoms. The predicted molar refractivity (Wildman–Crippen MR) is 116 cm³/mol. The van der Waals surface area contributed by atoms with Gasteiger partial charge in [0.05, 0.1) is 11.4 Å². The third kappa shape index (κ3) is 5.43. The second-order valence-corrected chi connectivity index (χ2v) is 9.31. The molecule has 0 aliphatic heterocycles. The summed E-state index contributed by atoms with van der Waals surface area (Å²) in [7, 11) is -2.31. The Hall–Kier alpha value is -2.70. The number of aryl methyl sites for hydroxylation is 1. The molecular weight excluding hydrogens is 384 g/mol. The van der Waals surface area contributed by atoms with Crippen molar-refractivity contribution < 1.29 is 13.2 Å². The lowest BCUT2D eigenvalue weighted by molar-refractivity contribution is -0.121. The smallest absolute Gasteiger partial charge is 0.243 e. The summed E-state index contributed by atoms with van der Waals surface area (Å²) >= 11 is 0. The first-order valence-corrected chi connectivity index (χ1v) is 11.1. The van der Waals surface area contributed by atoms with Crippen molar-refractivity contribution in [1.82, 2.24) is 9.62 Å². The fraction of sp³-hybridized carbons (Fsp3) is 0.261. The molecule has 0 saturated heterocycles. The number of hydrogen-bond acceptors (Lipinski definition) is 3. The van der Waals surface area contributed by atoms with E-state index in [1.807, 2.05) is 49.4 Å². The largest absolute Gasteiger partial charge is 0.352 e. The molecule has 0 saturated carbocycles. The Morgan fingerprint density at radius 1 is 0.966 bits per heavy atom. The number of nitrogens with zero attached hydrogens (tertiary/aromatic N) is 1. The number of benzene rings is 3. The maximum absolute atomic E-state index is 12.9. The average molecular weight is 411 g/mol. The lowest BCUT2D eigenvalue weighted by Crippen LogP contribution is -2.41. The highest BCUT2D eigenvalue weighted by Gasteiger charge is 2.23. The van der Waals surface area contributed by atoms with Crippen LogP contribution >= 0.6 is 0 Å². The summed E-state index contributed by atoms with van der Waals surface area (Å²) in [6.45, 7) is 1.71. The van der Waals surface area contributed by atoms with Crippen molar-refractivity contribution >= 4 is 26.7 Å². The maximum Gasteiger partial charge on any atom is 0.243 e. The van der Waals surface area contributed by atoms with Crippen LogP contribution in [0.15, 0.2) is 77.7 Å². The molecule has 0 heterocycles. The molecule has 3 aromatic carbocycles. The molecule has 5 nitrogen and oxygen atoms in total. The van der Waals surface area contributed by atoms with E-state index in [0.29, 0.717) is 0 Å². The second kappa shape index (κ2) is 9.20. The van der Waals surface area contributed by atoms with Crippen molar-refractivity contribution in [3.05, 3.63) is 78.4 Å². The van der Waals surface area contributed by atoms with Gasteiger partial charge < -0.3 is 5.32 Å². The van der Waals surface area contributed by atoms with Crippen LogP contribution in [-0.4, -0.2) is 38.3 Å². The zero-order chi connectivity index (χ0) is 20.9. The summed E-state index contributed by atoms with van der Waals surface area (Å²) in [4.78, 5) is 12.5. The normalized spacial score (nSPS) is 12.8. The molecule has 3 aromatic rings. The lowest BCUT2D eigenvalue weighted by atomic mass is 10.1. The third-order valence-corrected chi connectivity index (χ3v) is 6.71. The summed E-state index contributed by atoms with van der Waals surface area (Å²) in [5, 5.41) is 4.71. The van der Waals surface area contributed by atoms with Crippen LogP contribution in [0.4, 0.5) is 0 Å². The molecule has 0 aromatic heterocycles. The fourth-order valence-corrected chi connectivity index (χ4v) is 4.38. The number of fused-ring (bicyclic) bond motifs is 1. The van der Waals surface area contributed by atoms with Gasteiger partial charge in [-0.05, 0) is 48.2 Å². The van der Waals surface area contributed by atoms with Gasteiger partial charge in [0.15, 0.2) is 0 Å². The minimum atomic E-state index is -3.74. The standard InChI is InChI=1S/C23H26N2O3S/c1-18(12-13-19-8-4-3-5-9-19)24-23(26)17-25(2)29(27,28)22-15-14-20-10-6-7-11-21(20)16-22/h3-11,14-16,18H,12-13,17H2,1-2H3,(H,24,26). The Bertz CT molecular complexity index is 1080. The molecule has 29 heavy (non-hydrogen) atoms. The molecular formula is C23H26N2O3S. The number of sulfonamides is 1. The van der Waals surface area contributed by atoms with Crippen molar-refractivity contribution in [1.29, 1.82) is 0 Å². The molecule has 152 valence electrons. The molecule has 1 atom stereocenters. The van der Waals surface area contributed by atoms with E-state index in [2.05, 4.69) is 17.4 Å². The van der Waals surface area contributed by atoms with Gasteiger partial charge in [-0.3, -0.25) is 4.79 Å². The van der Waals surface area contributed by atoms with Gasteiger partial charge in [-0.25, -0.2) is 8.42 Å². The number of carbonyl (C=O) groups excluding carboxylic acids is 1. The molecule has 0 radical (unpaired) electrons. The van der Waals surface area contributed by atoms with E-state index in [9.17, 15) is 13.2 Å². The Morgan fingerprint density at radius 3 is 2.34 bits per heavy atom. The van der Waals surface area contributed by atoms with Crippen LogP contribution in [0.25, 0.3) is 10.8 Å². The highest BCUT2D eigenvalue weighted by molar-refractivity contribution is 7.89. The van der Waals surface area contributed by atoms with E-state index in [4.69, 9.17) is 0 Å². The van der Waals surface area contributed by atoms with Gasteiger partial charge in [-0.15, -0.1) is 0 Å². The van der Waals surface area contributed by atoms with E-state index >= 15 is 0 Å². The predicted octanol–water partition coefficient (Wildman–Crippen LogP) is 3.60. The molecule has 1 unspecified atom stereocenters. The number of nitrogens with one attached hydrogen (secondary N) is 1. The van der Waals surface area contributed by atoms with Crippen LogP contribution in [0.2, 0.25) is 0 Å². The second-order valence-electron chi connectivity index (χ2n) is 7.26. The maximum atomic E-state index is 12.9. The summed E-state index contributed by atoms with van der Waals surface area (Å²) in [6, 6.07) is 22.6. The Kier molecular flexibility index (Phi) is 6.67. The van der Waals surface area contributed by atoms with E-state index < -0.39 is 10.0 Å². The molecule has 6 heteroatoms. The van der Waals surface area contributed by atoms with Gasteiger partial charge in [0.25, 0.3) is 0 Å². The molecule has 0 fully saturated rings. The number of rotatable bonds is 8. The van der Waals surface area contributed by atoms with Gasteiger partial charge in [-0.1, -0.05) is 60.7 Å². The average Bonchev–Trinajstić information content (AvgIpc) is 2.72. The van der Waals surface area contributed by atoms with Crippen molar-refractivity contribution in [3.8, 4) is 0 Å². The molecule has 1 amide bonds. The SMILES string of the molecule is CC(CCc1ccccc1)NC(=O)CN(C)S(=O)(=O)c1ccc2ccccc2c1. The zero-order valence-corrected chi connectivity index (χ0v) is 17.5. The lowest BCUT2D eigenvalue weighted by Gasteiger charge is -2.19. The highest BCUT2D eigenvalue weighted by atomic mass is 32.2. The Balaban J connectivity index is 1.58. The Morgan fingerprint density at radius 2 is 1.62 bits per heavy atom. The fourth-order valence-electron chi connectivity index (χ4n) is 3.22. The van der Waals surface area contributed by atoms with Crippen LogP contribution in [0.3, 0.4) is 0 Å². The molecule has 0 aliphatic carbocycles. The van der Waals surface area contributed by atoms with Gasteiger partial charge in [-0.2, -0.15) is 4.31 Å². The van der Waals surface area contributed by atoms with Crippen LogP contribution in [-0.2, 0) is 21.2 Å². The van der Waals surface area contributed by atoms with Crippen molar-refractivity contribution in [2.45, 2.75) is 30.7 Å². The van der Waals surface area contributed by atoms with Crippen LogP contribution < -0.4 is 5.32 Å². The minimum absolute atomic E-state index is 0.0421. The van der Waals surface area contributed by atoms with E-state index in [-0.39, 0.29) is 23.4 Å². The molecule has 3 rings (SSSR count). The van der Waals surface area contributed by atoms with Crippen LogP contribution in [0.5, 0.6) is 0 Å². The topological polar surface area (TPSA) is 66.5 Å². The van der Waals surface area contributed by atoms with E-state index in [1.165, 1.54) is 12.6 Å². The third-order valence-electron chi connectivity index (χ3n) is 4.91. The first-order chi connectivity index (χ1) is 13.9. The number of carbonyl (C=O) groups is 1. The van der Waals surface area contributed by atoms with E-state index in [0.717, 1.165) is 27.9 Å². The van der Waals surface area contributed by atoms with Crippen molar-refractivity contribution in [2.24, 2.45) is 0 Å². The van der Waals surface area contributed by atoms with Crippen LogP contribution in [0, 0.1) is 0 Å². The van der Waals surface area contributed by atoms with Gasteiger partial charge >= 0.3 is 0 Å². The van der Waals surface area contributed by atoms with E-state index in [1.54, 1.807) is 18.2 Å². The Labute approximate surface area is 172 Å². The summed E-state index contributed by atoms with van der Waals surface area (Å²) in [5.74, 6) is -0.308. The molecule has 0 spiro atoms. The zero-order valence-electron chi connectivity index (χ0n) is 16.7. The number of hydrogen-bond donors (Lipinski definition) is 1. The van der Waals surface area contributed by atoms with Gasteiger partial charge in [0, 0.05) is 13.1 Å². The van der Waals surface area contributed by atoms with Crippen LogP contribution in [0.1, 0.15) is 18.9 Å². The van der Waals surface area contributed by atoms with Crippen molar-refractivity contribution in [2.75, 3.05) is 13.6 Å². The summed E-state index contributed by atoms with van der Waals surface area (Å²) < 4.78 is 26.8. The van der Waals surface area contributed by atoms with Gasteiger partial charge in [0.2, 0.25) is 15.9 Å². The summed E-state index contributed by atoms with van der Waals surface area (Å²) in [5.41, 5.74) is 1.21. The van der Waals surface area contributed by atoms with Gasteiger partial charge in [0.1, 0.15) is 0 Å². The molecule has 1 N–H and O–H groups in total. The number of amides is 1. The monoisotopic (exact) mass is 410 g/mol. The first kappa shape index (κ1) is 21.0. The van der Waals surface area contributed by atoms with Crippen molar-refractivity contribution in [3.63, 3.8) is 0 Å². The quantitative estimate of drug-likeness (QED) is 0.617. The first-order valence-electron chi connectivity index (χ1n) is 9.65.